The molecule has 2 amide bonds. The zero-order valence-corrected chi connectivity index (χ0v) is 18.0. The number of hydrogen-bond donors (Lipinski definition) is 3. The number of rotatable bonds is 7. The van der Waals surface area contributed by atoms with Gasteiger partial charge < -0.3 is 20.5 Å². The summed E-state index contributed by atoms with van der Waals surface area (Å²) >= 11 is 0. The van der Waals surface area contributed by atoms with Gasteiger partial charge in [-0.1, -0.05) is 42.5 Å². The van der Waals surface area contributed by atoms with Gasteiger partial charge in [-0.3, -0.25) is 14.5 Å². The van der Waals surface area contributed by atoms with Gasteiger partial charge >= 0.3 is 0 Å². The molecule has 1 fully saturated rings. The first-order valence-electron chi connectivity index (χ1n) is 10.7. The number of piperazine rings is 1. The Balaban J connectivity index is 1.57. The molecule has 7 heteroatoms. The van der Waals surface area contributed by atoms with Crippen molar-refractivity contribution in [1.82, 2.24) is 15.5 Å². The van der Waals surface area contributed by atoms with Gasteiger partial charge in [-0.25, -0.2) is 0 Å². The lowest BCUT2D eigenvalue weighted by molar-refractivity contribution is -0.124. The van der Waals surface area contributed by atoms with E-state index in [1.54, 1.807) is 19.2 Å². The molecule has 0 radical (unpaired) electrons. The minimum Gasteiger partial charge on any atom is -0.490 e. The molecule has 0 aromatic heterocycles. The van der Waals surface area contributed by atoms with Gasteiger partial charge in [-0.2, -0.15) is 0 Å². The normalized spacial score (nSPS) is 15.2. The molecule has 0 spiro atoms. The quantitative estimate of drug-likeness (QED) is 0.531. The second-order valence-electron chi connectivity index (χ2n) is 7.87. The second-order valence-corrected chi connectivity index (χ2v) is 7.87. The van der Waals surface area contributed by atoms with Crippen molar-refractivity contribution < 1.29 is 19.4 Å². The molecule has 4 rings (SSSR count). The van der Waals surface area contributed by atoms with E-state index >= 15 is 0 Å². The van der Waals surface area contributed by atoms with E-state index < -0.39 is 6.10 Å². The highest BCUT2D eigenvalue weighted by atomic mass is 16.5. The molecule has 1 heterocycles. The van der Waals surface area contributed by atoms with E-state index in [0.29, 0.717) is 30.9 Å². The summed E-state index contributed by atoms with van der Waals surface area (Å²) in [6.45, 7) is 2.07. The summed E-state index contributed by atoms with van der Waals surface area (Å²) in [5.41, 5.74) is 2.42. The largest absolute Gasteiger partial charge is 0.490 e. The third kappa shape index (κ3) is 4.90. The fourth-order valence-electron chi connectivity index (χ4n) is 3.99. The molecule has 3 aromatic carbocycles. The number of ether oxygens (including phenoxy) is 1. The van der Waals surface area contributed by atoms with Crippen molar-refractivity contribution in [2.24, 2.45) is 0 Å². The Kier molecular flexibility index (Phi) is 6.68. The molecule has 1 aliphatic heterocycles. The summed E-state index contributed by atoms with van der Waals surface area (Å²) in [5, 5.41) is 18.0. The maximum Gasteiger partial charge on any atom is 0.251 e. The van der Waals surface area contributed by atoms with Crippen molar-refractivity contribution in [1.29, 1.82) is 0 Å². The van der Waals surface area contributed by atoms with Crippen LogP contribution in [0.4, 0.5) is 0 Å². The SMILES string of the molecule is CNC(=O)c1ccc(-c2c(OCC(O)CN3CCNC(=O)C3)ccc3ccccc23)cc1. The monoisotopic (exact) mass is 433 g/mol. The van der Waals surface area contributed by atoms with Crippen LogP contribution in [0.3, 0.4) is 0 Å². The van der Waals surface area contributed by atoms with Crippen LogP contribution in [0.15, 0.2) is 60.7 Å². The third-order valence-corrected chi connectivity index (χ3v) is 5.57. The van der Waals surface area contributed by atoms with Crippen LogP contribution in [0, 0.1) is 0 Å². The van der Waals surface area contributed by atoms with Crippen LogP contribution in [0.25, 0.3) is 21.9 Å². The number of aliphatic hydroxyl groups excluding tert-OH is 1. The molecule has 1 unspecified atom stereocenters. The number of hydrogen-bond acceptors (Lipinski definition) is 5. The molecule has 0 bridgehead atoms. The number of carbonyl (C=O) groups excluding carboxylic acids is 2. The highest BCUT2D eigenvalue weighted by molar-refractivity contribution is 6.00. The Labute approximate surface area is 187 Å². The summed E-state index contributed by atoms with van der Waals surface area (Å²) in [6, 6.07) is 19.3. The lowest BCUT2D eigenvalue weighted by Gasteiger charge is -2.28. The molecule has 0 aliphatic carbocycles. The van der Waals surface area contributed by atoms with Gasteiger partial charge in [-0.15, -0.1) is 0 Å². The average Bonchev–Trinajstić information content (AvgIpc) is 2.82. The second kappa shape index (κ2) is 9.80. The van der Waals surface area contributed by atoms with E-state index in [0.717, 1.165) is 21.9 Å². The number of nitrogens with zero attached hydrogens (tertiary/aromatic N) is 1. The van der Waals surface area contributed by atoms with E-state index in [-0.39, 0.29) is 25.0 Å². The molecule has 1 aliphatic rings. The summed E-state index contributed by atoms with van der Waals surface area (Å²) in [4.78, 5) is 25.4. The standard InChI is InChI=1S/C25H27N3O4/c1-26-25(31)19-8-6-18(7-9-19)24-21-5-3-2-4-17(21)10-11-22(24)32-16-20(29)14-28-13-12-27-23(30)15-28/h2-11,20,29H,12-16H2,1H3,(H,26,31)(H,27,30). The van der Waals surface area contributed by atoms with Crippen molar-refractivity contribution in [3.63, 3.8) is 0 Å². The molecule has 7 nitrogen and oxygen atoms in total. The maximum absolute atomic E-state index is 11.9. The van der Waals surface area contributed by atoms with Crippen molar-refractivity contribution in [2.75, 3.05) is 39.8 Å². The lowest BCUT2D eigenvalue weighted by Crippen LogP contribution is -2.50. The predicted octanol–water partition coefficient (Wildman–Crippen LogP) is 2.04. The Morgan fingerprint density at radius 3 is 2.69 bits per heavy atom. The van der Waals surface area contributed by atoms with Crippen LogP contribution in [-0.2, 0) is 4.79 Å². The van der Waals surface area contributed by atoms with Gasteiger partial charge in [0.15, 0.2) is 0 Å². The van der Waals surface area contributed by atoms with E-state index in [1.807, 2.05) is 53.4 Å². The van der Waals surface area contributed by atoms with Crippen LogP contribution in [0.2, 0.25) is 0 Å². The van der Waals surface area contributed by atoms with Gasteiger partial charge in [0.1, 0.15) is 18.5 Å². The fourth-order valence-corrected chi connectivity index (χ4v) is 3.99. The Bertz CT molecular complexity index is 1110. The summed E-state index contributed by atoms with van der Waals surface area (Å²) in [7, 11) is 1.61. The minimum atomic E-state index is -0.726. The zero-order valence-electron chi connectivity index (χ0n) is 18.0. The number of fused-ring (bicyclic) bond motifs is 1. The van der Waals surface area contributed by atoms with E-state index in [4.69, 9.17) is 4.74 Å². The Hall–Kier alpha value is -3.42. The maximum atomic E-state index is 11.9. The van der Waals surface area contributed by atoms with Gasteiger partial charge in [0, 0.05) is 37.8 Å². The van der Waals surface area contributed by atoms with Crippen LogP contribution < -0.4 is 15.4 Å². The summed E-state index contributed by atoms with van der Waals surface area (Å²) < 4.78 is 6.07. The van der Waals surface area contributed by atoms with Crippen LogP contribution in [0.1, 0.15) is 10.4 Å². The summed E-state index contributed by atoms with van der Waals surface area (Å²) in [6.07, 6.45) is -0.726. The third-order valence-electron chi connectivity index (χ3n) is 5.57. The first kappa shape index (κ1) is 21.8. The van der Waals surface area contributed by atoms with Gasteiger partial charge in [0.25, 0.3) is 5.91 Å². The molecule has 3 N–H and O–H groups in total. The average molecular weight is 434 g/mol. The summed E-state index contributed by atoms with van der Waals surface area (Å²) in [5.74, 6) is 0.494. The smallest absolute Gasteiger partial charge is 0.251 e. The van der Waals surface area contributed by atoms with E-state index in [1.165, 1.54) is 0 Å². The first-order chi connectivity index (χ1) is 15.5. The number of aliphatic hydroxyl groups is 1. The van der Waals surface area contributed by atoms with Crippen molar-refractivity contribution >= 4 is 22.6 Å². The van der Waals surface area contributed by atoms with Crippen molar-refractivity contribution in [3.8, 4) is 16.9 Å². The highest BCUT2D eigenvalue weighted by Crippen LogP contribution is 2.37. The van der Waals surface area contributed by atoms with Crippen molar-refractivity contribution in [2.45, 2.75) is 6.10 Å². The van der Waals surface area contributed by atoms with Gasteiger partial charge in [-0.05, 0) is 34.5 Å². The number of carbonyl (C=O) groups is 2. The number of β-amino-alcohol motifs (C(OH)–C–C–N with tert-alkyl or cyclic N) is 1. The first-order valence-corrected chi connectivity index (χ1v) is 10.7. The molecule has 1 atom stereocenters. The molecule has 166 valence electrons. The van der Waals surface area contributed by atoms with E-state index in [2.05, 4.69) is 10.6 Å². The number of benzene rings is 3. The van der Waals surface area contributed by atoms with Crippen molar-refractivity contribution in [3.05, 3.63) is 66.2 Å². The fraction of sp³-hybridized carbons (Fsp3) is 0.280. The van der Waals surface area contributed by atoms with Gasteiger partial charge in [0.2, 0.25) is 5.91 Å². The molecular formula is C25H27N3O4. The molecular weight excluding hydrogens is 406 g/mol. The topological polar surface area (TPSA) is 90.9 Å². The minimum absolute atomic E-state index is 0.0265. The number of amides is 2. The van der Waals surface area contributed by atoms with Crippen LogP contribution in [-0.4, -0.2) is 67.8 Å². The number of nitrogens with one attached hydrogen (secondary N) is 2. The molecule has 3 aromatic rings. The van der Waals surface area contributed by atoms with Gasteiger partial charge in [0.05, 0.1) is 6.54 Å². The molecule has 0 saturated carbocycles. The van der Waals surface area contributed by atoms with Crippen LogP contribution in [0.5, 0.6) is 5.75 Å². The van der Waals surface area contributed by atoms with Crippen LogP contribution >= 0.6 is 0 Å². The lowest BCUT2D eigenvalue weighted by atomic mass is 9.96. The predicted molar refractivity (Wildman–Crippen MR) is 124 cm³/mol. The Morgan fingerprint density at radius 1 is 1.16 bits per heavy atom. The molecule has 32 heavy (non-hydrogen) atoms. The molecule has 1 saturated heterocycles. The highest BCUT2D eigenvalue weighted by Gasteiger charge is 2.20. The Morgan fingerprint density at radius 2 is 1.94 bits per heavy atom. The zero-order chi connectivity index (χ0) is 22.5. The van der Waals surface area contributed by atoms with E-state index in [9.17, 15) is 14.7 Å².